The second-order valence-corrected chi connectivity index (χ2v) is 10.5. The first kappa shape index (κ1) is 23.8. The maximum atomic E-state index is 4.76. The molecule has 0 amide bonds. The van der Waals surface area contributed by atoms with E-state index in [-0.39, 0.29) is 0 Å². The summed E-state index contributed by atoms with van der Waals surface area (Å²) in [5, 5.41) is 0. The van der Waals surface area contributed by atoms with Crippen LogP contribution in [-0.4, -0.2) is 0 Å². The second-order valence-electron chi connectivity index (χ2n) is 10.5. The minimum absolute atomic E-state index is 0.776. The van der Waals surface area contributed by atoms with Crippen molar-refractivity contribution in [2.75, 3.05) is 0 Å². The van der Waals surface area contributed by atoms with E-state index < -0.39 is 0 Å². The lowest BCUT2D eigenvalue weighted by Gasteiger charge is -2.39. The van der Waals surface area contributed by atoms with Crippen molar-refractivity contribution >= 4 is 0 Å². The first-order chi connectivity index (χ1) is 13.5. The van der Waals surface area contributed by atoms with Gasteiger partial charge in [0.15, 0.2) is 0 Å². The predicted octanol–water partition coefficient (Wildman–Crippen LogP) is 9.22. The molecule has 0 radical (unpaired) electrons. The molecule has 2 saturated carbocycles. The highest BCUT2D eigenvalue weighted by molar-refractivity contribution is 5.11. The Bertz CT molecular complexity index is 472. The van der Waals surface area contributed by atoms with E-state index in [1.807, 2.05) is 0 Å². The molecular weight excluding hydrogens is 336 g/mol. The standard InChI is InChI=1S/C28H50/c1-7-10-12-13-16-24(27-19-21(4)17-18-22(27)5)23(6)20-28-25(14-9-3)26(28)15-11-8-2/h7,10,21-22,24-28H,6,8-9,11-20H2,1-5H3. The van der Waals surface area contributed by atoms with E-state index in [4.69, 9.17) is 6.58 Å². The zero-order chi connectivity index (χ0) is 20.5. The van der Waals surface area contributed by atoms with Gasteiger partial charge >= 0.3 is 0 Å². The molecule has 0 bridgehead atoms. The number of hydrogen-bond donors (Lipinski definition) is 0. The van der Waals surface area contributed by atoms with Gasteiger partial charge in [-0.25, -0.2) is 0 Å². The molecule has 0 heteroatoms. The van der Waals surface area contributed by atoms with Gasteiger partial charge in [-0.2, -0.15) is 0 Å². The van der Waals surface area contributed by atoms with Gasteiger partial charge in [0, 0.05) is 0 Å². The van der Waals surface area contributed by atoms with E-state index in [1.165, 1.54) is 77.0 Å². The number of rotatable bonds is 13. The fourth-order valence-electron chi connectivity index (χ4n) is 6.39. The highest BCUT2D eigenvalue weighted by Crippen LogP contribution is 2.56. The Morgan fingerprint density at radius 3 is 2.43 bits per heavy atom. The molecule has 0 saturated heterocycles. The minimum atomic E-state index is 0.776. The Kier molecular flexibility index (Phi) is 10.4. The average molecular weight is 387 g/mol. The molecule has 2 fully saturated rings. The summed E-state index contributed by atoms with van der Waals surface area (Å²) >= 11 is 0. The normalized spacial score (nSPS) is 33.9. The molecule has 0 aromatic rings. The largest absolute Gasteiger partial charge is 0.0996 e. The van der Waals surface area contributed by atoms with Crippen molar-refractivity contribution in [3.63, 3.8) is 0 Å². The molecule has 0 aromatic carbocycles. The van der Waals surface area contributed by atoms with E-state index in [0.717, 1.165) is 41.4 Å². The van der Waals surface area contributed by atoms with Crippen molar-refractivity contribution < 1.29 is 0 Å². The molecule has 0 spiro atoms. The number of hydrogen-bond acceptors (Lipinski definition) is 0. The summed E-state index contributed by atoms with van der Waals surface area (Å²) in [4.78, 5) is 0. The van der Waals surface area contributed by atoms with Crippen LogP contribution in [0.4, 0.5) is 0 Å². The van der Waals surface area contributed by atoms with Crippen LogP contribution in [0.3, 0.4) is 0 Å². The van der Waals surface area contributed by atoms with Gasteiger partial charge in [0.05, 0.1) is 0 Å². The predicted molar refractivity (Wildman–Crippen MR) is 126 cm³/mol. The van der Waals surface area contributed by atoms with Gasteiger partial charge in [0.2, 0.25) is 0 Å². The van der Waals surface area contributed by atoms with E-state index in [9.17, 15) is 0 Å². The van der Waals surface area contributed by atoms with Crippen molar-refractivity contribution in [3.8, 4) is 0 Å². The van der Waals surface area contributed by atoms with Crippen molar-refractivity contribution in [1.82, 2.24) is 0 Å². The third kappa shape index (κ3) is 6.77. The highest BCUT2D eigenvalue weighted by atomic mass is 14.5. The Morgan fingerprint density at radius 2 is 1.75 bits per heavy atom. The lowest BCUT2D eigenvalue weighted by atomic mass is 9.66. The van der Waals surface area contributed by atoms with Crippen LogP contribution in [0.5, 0.6) is 0 Å². The molecule has 7 atom stereocenters. The summed E-state index contributed by atoms with van der Waals surface area (Å²) in [5.41, 5.74) is 1.64. The Balaban J connectivity index is 2.01. The molecule has 7 unspecified atom stereocenters. The summed E-state index contributed by atoms with van der Waals surface area (Å²) in [6.45, 7) is 16.6. The second kappa shape index (κ2) is 12.2. The summed E-state index contributed by atoms with van der Waals surface area (Å²) < 4.78 is 0. The van der Waals surface area contributed by atoms with Crippen molar-refractivity contribution in [1.29, 1.82) is 0 Å². The molecule has 2 aliphatic rings. The Hall–Kier alpha value is -0.520. The Morgan fingerprint density at radius 1 is 1.00 bits per heavy atom. The van der Waals surface area contributed by atoms with Crippen LogP contribution in [0.2, 0.25) is 0 Å². The van der Waals surface area contributed by atoms with Crippen LogP contribution in [0.1, 0.15) is 112 Å². The van der Waals surface area contributed by atoms with Crippen molar-refractivity contribution in [2.24, 2.45) is 41.4 Å². The molecular formula is C28H50. The van der Waals surface area contributed by atoms with Crippen LogP contribution in [0.15, 0.2) is 24.3 Å². The number of allylic oxidation sites excluding steroid dienone is 3. The third-order valence-electron chi connectivity index (χ3n) is 8.20. The quantitative estimate of drug-likeness (QED) is 0.218. The van der Waals surface area contributed by atoms with Gasteiger partial charge < -0.3 is 0 Å². The van der Waals surface area contributed by atoms with Gasteiger partial charge in [-0.05, 0) is 86.9 Å². The van der Waals surface area contributed by atoms with Crippen molar-refractivity contribution in [2.45, 2.75) is 112 Å². The van der Waals surface area contributed by atoms with Crippen LogP contribution in [-0.2, 0) is 0 Å². The topological polar surface area (TPSA) is 0 Å². The number of unbranched alkanes of at least 4 members (excludes halogenated alkanes) is 2. The molecule has 28 heavy (non-hydrogen) atoms. The van der Waals surface area contributed by atoms with E-state index in [0.29, 0.717) is 0 Å². The van der Waals surface area contributed by atoms with Crippen LogP contribution in [0.25, 0.3) is 0 Å². The zero-order valence-electron chi connectivity index (χ0n) is 19.9. The van der Waals surface area contributed by atoms with Gasteiger partial charge in [-0.3, -0.25) is 0 Å². The van der Waals surface area contributed by atoms with Gasteiger partial charge in [0.25, 0.3) is 0 Å². The fourth-order valence-corrected chi connectivity index (χ4v) is 6.39. The maximum Gasteiger partial charge on any atom is -0.0175 e. The molecule has 0 aliphatic heterocycles. The summed E-state index contributed by atoms with van der Waals surface area (Å²) in [7, 11) is 0. The lowest BCUT2D eigenvalue weighted by Crippen LogP contribution is -2.29. The SMILES string of the molecule is C=C(CC1C(CCC)C1CCCC)C(CCCC=CC)C1CC(C)CCC1C. The third-order valence-corrected chi connectivity index (χ3v) is 8.20. The molecule has 0 nitrogen and oxygen atoms in total. The molecule has 0 aromatic heterocycles. The van der Waals surface area contributed by atoms with Gasteiger partial charge in [-0.15, -0.1) is 0 Å². The maximum absolute atomic E-state index is 4.76. The van der Waals surface area contributed by atoms with Crippen LogP contribution in [0, 0.1) is 41.4 Å². The Labute approximate surface area is 177 Å². The molecule has 162 valence electrons. The first-order valence-corrected chi connectivity index (χ1v) is 12.8. The zero-order valence-corrected chi connectivity index (χ0v) is 19.9. The molecule has 2 rings (SSSR count). The summed E-state index contributed by atoms with van der Waals surface area (Å²) in [6.07, 6.45) is 21.3. The van der Waals surface area contributed by atoms with E-state index in [1.54, 1.807) is 5.57 Å². The highest BCUT2D eigenvalue weighted by Gasteiger charge is 2.48. The molecule has 0 heterocycles. The van der Waals surface area contributed by atoms with Crippen LogP contribution < -0.4 is 0 Å². The first-order valence-electron chi connectivity index (χ1n) is 12.8. The lowest BCUT2D eigenvalue weighted by molar-refractivity contribution is 0.146. The van der Waals surface area contributed by atoms with Crippen LogP contribution >= 0.6 is 0 Å². The monoisotopic (exact) mass is 386 g/mol. The van der Waals surface area contributed by atoms with Gasteiger partial charge in [0.1, 0.15) is 0 Å². The average Bonchev–Trinajstić information content (AvgIpc) is 3.32. The summed E-state index contributed by atoms with van der Waals surface area (Å²) in [5.74, 6) is 6.47. The molecule has 2 aliphatic carbocycles. The van der Waals surface area contributed by atoms with Gasteiger partial charge in [-0.1, -0.05) is 90.5 Å². The van der Waals surface area contributed by atoms with Crippen molar-refractivity contribution in [3.05, 3.63) is 24.3 Å². The minimum Gasteiger partial charge on any atom is -0.0996 e. The summed E-state index contributed by atoms with van der Waals surface area (Å²) in [6, 6.07) is 0. The molecule has 0 N–H and O–H groups in total. The smallest absolute Gasteiger partial charge is 0.0175 e. The van der Waals surface area contributed by atoms with E-state index >= 15 is 0 Å². The van der Waals surface area contributed by atoms with E-state index in [2.05, 4.69) is 46.8 Å². The fraction of sp³-hybridized carbons (Fsp3) is 0.857.